The monoisotopic (exact) mass is 342 g/mol. The number of hydrogen-bond acceptors (Lipinski definition) is 3. The first-order chi connectivity index (χ1) is 9.35. The highest BCUT2D eigenvalue weighted by molar-refractivity contribution is 9.10. The van der Waals surface area contributed by atoms with E-state index in [4.69, 9.17) is 0 Å². The third-order valence-electron chi connectivity index (χ3n) is 2.64. The first-order valence-electron chi connectivity index (χ1n) is 6.42. The van der Waals surface area contributed by atoms with Crippen LogP contribution in [0.1, 0.15) is 31.1 Å². The minimum absolute atomic E-state index is 0.0237. The van der Waals surface area contributed by atoms with E-state index in [0.717, 1.165) is 0 Å². The number of nitrogens with one attached hydrogen (secondary N) is 1. The second-order valence-electron chi connectivity index (χ2n) is 4.70. The van der Waals surface area contributed by atoms with E-state index in [0.29, 0.717) is 11.0 Å². The molecule has 1 aromatic carbocycles. The van der Waals surface area contributed by atoms with Gasteiger partial charge in [-0.3, -0.25) is 9.59 Å². The van der Waals surface area contributed by atoms with Gasteiger partial charge in [0.15, 0.2) is 0 Å². The van der Waals surface area contributed by atoms with Crippen LogP contribution in [0.2, 0.25) is 0 Å². The highest BCUT2D eigenvalue weighted by Gasteiger charge is 2.20. The first kappa shape index (κ1) is 16.5. The zero-order valence-corrected chi connectivity index (χ0v) is 13.4. The number of carbonyl (C=O) groups is 2. The van der Waals surface area contributed by atoms with Gasteiger partial charge in [0.25, 0.3) is 5.91 Å². The van der Waals surface area contributed by atoms with Crippen molar-refractivity contribution >= 4 is 27.7 Å². The highest BCUT2D eigenvalue weighted by atomic mass is 79.9. The van der Waals surface area contributed by atoms with Crippen LogP contribution in [0.15, 0.2) is 22.7 Å². The topological polar surface area (TPSA) is 69.6 Å². The molecule has 0 saturated carbocycles. The molecule has 0 spiro atoms. The molecule has 2 amide bonds. The molecule has 0 aliphatic rings. The van der Waals surface area contributed by atoms with Crippen LogP contribution >= 0.6 is 15.9 Å². The molecule has 0 unspecified atom stereocenters. The van der Waals surface area contributed by atoms with E-state index in [1.165, 1.54) is 11.0 Å². The van der Waals surface area contributed by atoms with E-state index in [2.05, 4.69) is 21.2 Å². The van der Waals surface area contributed by atoms with Gasteiger partial charge in [-0.2, -0.15) is 0 Å². The van der Waals surface area contributed by atoms with E-state index in [-0.39, 0.29) is 35.7 Å². The summed E-state index contributed by atoms with van der Waals surface area (Å²) in [7, 11) is 0. The molecule has 1 rings (SSSR count). The number of carbonyl (C=O) groups excluding carboxylic acids is 2. The predicted molar refractivity (Wildman–Crippen MR) is 80.7 cm³/mol. The Morgan fingerprint density at radius 1 is 1.40 bits per heavy atom. The number of aromatic hydroxyl groups is 1. The Morgan fingerprint density at radius 3 is 2.60 bits per heavy atom. The number of phenolic OH excluding ortho intramolecular Hbond substituents is 1. The lowest BCUT2D eigenvalue weighted by molar-refractivity contribution is -0.122. The van der Waals surface area contributed by atoms with Crippen molar-refractivity contribution in [2.45, 2.75) is 26.8 Å². The van der Waals surface area contributed by atoms with E-state index in [1.807, 2.05) is 13.8 Å². The van der Waals surface area contributed by atoms with Crippen LogP contribution in [0.5, 0.6) is 5.75 Å². The summed E-state index contributed by atoms with van der Waals surface area (Å²) in [5, 5.41) is 12.5. The summed E-state index contributed by atoms with van der Waals surface area (Å²) in [5.41, 5.74) is 0.179. The summed E-state index contributed by atoms with van der Waals surface area (Å²) in [6, 6.07) is 4.66. The van der Waals surface area contributed by atoms with Crippen molar-refractivity contribution in [3.05, 3.63) is 28.2 Å². The molecular weight excluding hydrogens is 324 g/mol. The molecule has 5 nitrogen and oxygen atoms in total. The van der Waals surface area contributed by atoms with Crippen molar-refractivity contribution in [1.29, 1.82) is 0 Å². The molecule has 110 valence electrons. The minimum Gasteiger partial charge on any atom is -0.507 e. The standard InChI is InChI=1S/C14H19BrN2O3/c1-4-17(8-13(19)16-9(2)3)14(20)11-7-10(15)5-6-12(11)18/h5-7,9,18H,4,8H2,1-3H3,(H,16,19). The predicted octanol–water partition coefficient (Wildman–Crippen LogP) is 2.14. The average molecular weight is 343 g/mol. The van der Waals surface area contributed by atoms with Crippen molar-refractivity contribution in [1.82, 2.24) is 10.2 Å². The molecule has 0 aliphatic carbocycles. The summed E-state index contributed by atoms with van der Waals surface area (Å²) in [4.78, 5) is 25.5. The molecule has 0 fully saturated rings. The number of phenols is 1. The molecule has 0 aliphatic heterocycles. The van der Waals surface area contributed by atoms with Crippen LogP contribution < -0.4 is 5.32 Å². The summed E-state index contributed by atoms with van der Waals surface area (Å²) in [6.45, 7) is 5.86. The Bertz CT molecular complexity index is 503. The second-order valence-corrected chi connectivity index (χ2v) is 5.62. The number of likely N-dealkylation sites (N-methyl/N-ethyl adjacent to an activating group) is 1. The summed E-state index contributed by atoms with van der Waals surface area (Å²) < 4.78 is 0.696. The zero-order valence-electron chi connectivity index (χ0n) is 11.8. The van der Waals surface area contributed by atoms with E-state index in [9.17, 15) is 14.7 Å². The summed E-state index contributed by atoms with van der Waals surface area (Å²) >= 11 is 3.26. The Hall–Kier alpha value is -1.56. The maximum Gasteiger partial charge on any atom is 0.258 e. The normalized spacial score (nSPS) is 10.4. The van der Waals surface area contributed by atoms with Crippen LogP contribution in [0.4, 0.5) is 0 Å². The molecular formula is C14H19BrN2O3. The maximum atomic E-state index is 12.3. The van der Waals surface area contributed by atoms with Gasteiger partial charge in [-0.1, -0.05) is 15.9 Å². The van der Waals surface area contributed by atoms with Gasteiger partial charge in [-0.05, 0) is 39.0 Å². The molecule has 0 radical (unpaired) electrons. The lowest BCUT2D eigenvalue weighted by Crippen LogP contribution is -2.42. The van der Waals surface area contributed by atoms with Crippen LogP contribution in [0.25, 0.3) is 0 Å². The zero-order chi connectivity index (χ0) is 15.3. The number of amides is 2. The van der Waals surface area contributed by atoms with Crippen LogP contribution in [0, 0.1) is 0 Å². The van der Waals surface area contributed by atoms with Gasteiger partial charge in [0.05, 0.1) is 12.1 Å². The Kier molecular flexibility index (Phi) is 6.01. The summed E-state index contributed by atoms with van der Waals surface area (Å²) in [6.07, 6.45) is 0. The third-order valence-corrected chi connectivity index (χ3v) is 3.14. The Morgan fingerprint density at radius 2 is 2.05 bits per heavy atom. The SMILES string of the molecule is CCN(CC(=O)NC(C)C)C(=O)c1cc(Br)ccc1O. The second kappa shape index (κ2) is 7.28. The molecule has 0 heterocycles. The fourth-order valence-electron chi connectivity index (χ4n) is 1.72. The van der Waals surface area contributed by atoms with Crippen molar-refractivity contribution in [3.63, 3.8) is 0 Å². The Labute approximate surface area is 127 Å². The largest absolute Gasteiger partial charge is 0.507 e. The average Bonchev–Trinajstić information content (AvgIpc) is 2.37. The van der Waals surface area contributed by atoms with Gasteiger partial charge < -0.3 is 15.3 Å². The molecule has 2 N–H and O–H groups in total. The highest BCUT2D eigenvalue weighted by Crippen LogP contribution is 2.23. The van der Waals surface area contributed by atoms with Crippen molar-refractivity contribution in [2.24, 2.45) is 0 Å². The van der Waals surface area contributed by atoms with Crippen molar-refractivity contribution < 1.29 is 14.7 Å². The fourth-order valence-corrected chi connectivity index (χ4v) is 2.08. The van der Waals surface area contributed by atoms with Crippen LogP contribution in [-0.2, 0) is 4.79 Å². The number of benzene rings is 1. The van der Waals surface area contributed by atoms with Gasteiger partial charge in [0.1, 0.15) is 5.75 Å². The fraction of sp³-hybridized carbons (Fsp3) is 0.429. The molecule has 0 saturated heterocycles. The molecule has 1 aromatic rings. The first-order valence-corrected chi connectivity index (χ1v) is 7.21. The van der Waals surface area contributed by atoms with Crippen molar-refractivity contribution in [3.8, 4) is 5.75 Å². The molecule has 0 atom stereocenters. The number of halogens is 1. The minimum atomic E-state index is -0.370. The van der Waals surface area contributed by atoms with Crippen LogP contribution in [-0.4, -0.2) is 41.0 Å². The van der Waals surface area contributed by atoms with Crippen LogP contribution in [0.3, 0.4) is 0 Å². The van der Waals surface area contributed by atoms with Crippen molar-refractivity contribution in [2.75, 3.05) is 13.1 Å². The lowest BCUT2D eigenvalue weighted by Gasteiger charge is -2.21. The Balaban J connectivity index is 2.86. The third kappa shape index (κ3) is 4.52. The maximum absolute atomic E-state index is 12.3. The van der Waals surface area contributed by atoms with Gasteiger partial charge in [-0.25, -0.2) is 0 Å². The number of hydrogen-bond donors (Lipinski definition) is 2. The van der Waals surface area contributed by atoms with Gasteiger partial charge in [-0.15, -0.1) is 0 Å². The molecule has 0 aromatic heterocycles. The van der Waals surface area contributed by atoms with Gasteiger partial charge in [0.2, 0.25) is 5.91 Å². The van der Waals surface area contributed by atoms with E-state index >= 15 is 0 Å². The summed E-state index contributed by atoms with van der Waals surface area (Å²) in [5.74, 6) is -0.684. The lowest BCUT2D eigenvalue weighted by atomic mass is 10.1. The van der Waals surface area contributed by atoms with E-state index in [1.54, 1.807) is 19.1 Å². The van der Waals surface area contributed by atoms with E-state index < -0.39 is 0 Å². The molecule has 6 heteroatoms. The molecule has 20 heavy (non-hydrogen) atoms. The smallest absolute Gasteiger partial charge is 0.258 e. The number of rotatable bonds is 5. The molecule has 0 bridgehead atoms. The quantitative estimate of drug-likeness (QED) is 0.861. The van der Waals surface area contributed by atoms with Gasteiger partial charge >= 0.3 is 0 Å². The van der Waals surface area contributed by atoms with Gasteiger partial charge in [0, 0.05) is 17.1 Å². The number of nitrogens with zero attached hydrogens (tertiary/aromatic N) is 1.